The molecule has 0 saturated carbocycles. The van der Waals surface area contributed by atoms with Gasteiger partial charge in [0.1, 0.15) is 0 Å². The van der Waals surface area contributed by atoms with Crippen LogP contribution >= 0.6 is 11.8 Å². The van der Waals surface area contributed by atoms with Crippen LogP contribution in [0.2, 0.25) is 0 Å². The molecular weight excluding hydrogens is 418 g/mol. The molecule has 0 spiro atoms. The van der Waals surface area contributed by atoms with Gasteiger partial charge in [0, 0.05) is 11.3 Å². The van der Waals surface area contributed by atoms with E-state index in [9.17, 15) is 4.79 Å². The highest BCUT2D eigenvalue weighted by Gasteiger charge is 2.18. The lowest BCUT2D eigenvalue weighted by Gasteiger charge is -2.12. The molecule has 1 amide bonds. The van der Waals surface area contributed by atoms with Crippen LogP contribution in [-0.4, -0.2) is 43.2 Å². The maximum absolute atomic E-state index is 12.3. The average molecular weight is 444 g/mol. The van der Waals surface area contributed by atoms with Gasteiger partial charge in [-0.2, -0.15) is 0 Å². The number of benzene rings is 2. The Bertz CT molecular complexity index is 1010. The number of amides is 1. The molecule has 164 valence electrons. The number of carbonyl (C=O) groups is 1. The van der Waals surface area contributed by atoms with E-state index in [2.05, 4.69) is 29.4 Å². The number of nitrogens with one attached hydrogen (secondary N) is 1. The van der Waals surface area contributed by atoms with Gasteiger partial charge < -0.3 is 23.9 Å². The molecular formula is C22H25N3O5S. The molecule has 3 rings (SSSR count). The van der Waals surface area contributed by atoms with Gasteiger partial charge in [-0.15, -0.1) is 10.2 Å². The minimum Gasteiger partial charge on any atom is -0.493 e. The number of anilines is 1. The van der Waals surface area contributed by atoms with Crippen LogP contribution < -0.4 is 19.5 Å². The van der Waals surface area contributed by atoms with Crippen LogP contribution in [0.3, 0.4) is 0 Å². The molecule has 2 aromatic carbocycles. The van der Waals surface area contributed by atoms with Crippen LogP contribution in [0.15, 0.2) is 46.0 Å². The standard InChI is InChI=1S/C22H25N3O5S/c1-13(2)14-6-8-16(9-7-14)23-19(26)12-31-22-25-24-21(30-22)15-10-17(27-3)20(29-5)18(11-15)28-4/h6-11,13H,12H2,1-5H3,(H,23,26). The monoisotopic (exact) mass is 443 g/mol. The molecule has 1 N–H and O–H groups in total. The van der Waals surface area contributed by atoms with Crippen molar-refractivity contribution in [3.63, 3.8) is 0 Å². The lowest BCUT2D eigenvalue weighted by atomic mass is 10.0. The predicted octanol–water partition coefficient (Wildman–Crippen LogP) is 4.62. The summed E-state index contributed by atoms with van der Waals surface area (Å²) < 4.78 is 21.7. The van der Waals surface area contributed by atoms with E-state index >= 15 is 0 Å². The van der Waals surface area contributed by atoms with E-state index < -0.39 is 0 Å². The molecule has 1 aromatic heterocycles. The predicted molar refractivity (Wildman–Crippen MR) is 119 cm³/mol. The molecule has 0 fully saturated rings. The molecule has 0 radical (unpaired) electrons. The number of ether oxygens (including phenoxy) is 3. The molecule has 9 heteroatoms. The fraction of sp³-hybridized carbons (Fsp3) is 0.318. The zero-order chi connectivity index (χ0) is 22.4. The number of rotatable bonds is 9. The summed E-state index contributed by atoms with van der Waals surface area (Å²) in [6.07, 6.45) is 0. The Balaban J connectivity index is 1.64. The molecule has 0 unspecified atom stereocenters. The van der Waals surface area contributed by atoms with Gasteiger partial charge in [-0.3, -0.25) is 4.79 Å². The normalized spacial score (nSPS) is 10.8. The minimum atomic E-state index is -0.158. The summed E-state index contributed by atoms with van der Waals surface area (Å²) in [6, 6.07) is 11.2. The third-order valence-corrected chi connectivity index (χ3v) is 5.32. The van der Waals surface area contributed by atoms with Crippen molar-refractivity contribution in [3.8, 4) is 28.7 Å². The first-order valence-corrected chi connectivity index (χ1v) is 10.6. The van der Waals surface area contributed by atoms with Crippen LogP contribution in [0.5, 0.6) is 17.2 Å². The minimum absolute atomic E-state index is 0.142. The summed E-state index contributed by atoms with van der Waals surface area (Å²) in [7, 11) is 4.60. The second-order valence-corrected chi connectivity index (χ2v) is 7.83. The maximum Gasteiger partial charge on any atom is 0.277 e. The van der Waals surface area contributed by atoms with E-state index in [0.29, 0.717) is 28.7 Å². The van der Waals surface area contributed by atoms with Crippen molar-refractivity contribution in [2.75, 3.05) is 32.4 Å². The molecule has 0 bridgehead atoms. The number of methoxy groups -OCH3 is 3. The highest BCUT2D eigenvalue weighted by Crippen LogP contribution is 2.41. The van der Waals surface area contributed by atoms with Gasteiger partial charge >= 0.3 is 0 Å². The summed E-state index contributed by atoms with van der Waals surface area (Å²) in [5.41, 5.74) is 2.58. The highest BCUT2D eigenvalue weighted by atomic mass is 32.2. The van der Waals surface area contributed by atoms with Gasteiger partial charge in [-0.05, 0) is 35.7 Å². The number of carbonyl (C=O) groups excluding carboxylic acids is 1. The Kier molecular flexibility index (Phi) is 7.41. The van der Waals surface area contributed by atoms with Crippen molar-refractivity contribution in [1.82, 2.24) is 10.2 Å². The van der Waals surface area contributed by atoms with Gasteiger partial charge in [-0.1, -0.05) is 37.7 Å². The smallest absolute Gasteiger partial charge is 0.277 e. The second kappa shape index (κ2) is 10.2. The average Bonchev–Trinajstić information content (AvgIpc) is 3.26. The number of hydrogen-bond donors (Lipinski definition) is 1. The second-order valence-electron chi connectivity index (χ2n) is 6.90. The van der Waals surface area contributed by atoms with E-state index in [1.807, 2.05) is 24.3 Å². The van der Waals surface area contributed by atoms with E-state index in [-0.39, 0.29) is 22.8 Å². The SMILES string of the molecule is COc1cc(-c2nnc(SCC(=O)Nc3ccc(C(C)C)cc3)o2)cc(OC)c1OC. The third kappa shape index (κ3) is 5.49. The fourth-order valence-electron chi connectivity index (χ4n) is 2.87. The van der Waals surface area contributed by atoms with Gasteiger partial charge in [0.2, 0.25) is 17.5 Å². The molecule has 0 aliphatic heterocycles. The van der Waals surface area contributed by atoms with Gasteiger partial charge in [0.05, 0.1) is 27.1 Å². The zero-order valence-electron chi connectivity index (χ0n) is 18.1. The number of nitrogens with zero attached hydrogens (tertiary/aromatic N) is 2. The van der Waals surface area contributed by atoms with Crippen LogP contribution in [-0.2, 0) is 4.79 Å². The van der Waals surface area contributed by atoms with Crippen LogP contribution in [0.4, 0.5) is 5.69 Å². The number of hydrogen-bond acceptors (Lipinski definition) is 8. The summed E-state index contributed by atoms with van der Waals surface area (Å²) >= 11 is 1.16. The molecule has 0 atom stereocenters. The Hall–Kier alpha value is -3.20. The van der Waals surface area contributed by atoms with E-state index in [1.165, 1.54) is 26.9 Å². The topological polar surface area (TPSA) is 95.7 Å². The van der Waals surface area contributed by atoms with Gasteiger partial charge in [0.25, 0.3) is 5.22 Å². The van der Waals surface area contributed by atoms with Crippen molar-refractivity contribution in [1.29, 1.82) is 0 Å². The molecule has 0 aliphatic rings. The Labute approximate surface area is 185 Å². The van der Waals surface area contributed by atoms with Crippen LogP contribution in [0, 0.1) is 0 Å². The highest BCUT2D eigenvalue weighted by molar-refractivity contribution is 7.99. The number of thioether (sulfide) groups is 1. The van der Waals surface area contributed by atoms with E-state index in [1.54, 1.807) is 12.1 Å². The van der Waals surface area contributed by atoms with Crippen molar-refractivity contribution >= 4 is 23.4 Å². The Morgan fingerprint density at radius 2 is 1.68 bits per heavy atom. The number of aromatic nitrogens is 2. The quantitative estimate of drug-likeness (QED) is 0.479. The van der Waals surface area contributed by atoms with Crippen molar-refractivity contribution < 1.29 is 23.4 Å². The van der Waals surface area contributed by atoms with Crippen LogP contribution in [0.1, 0.15) is 25.3 Å². The van der Waals surface area contributed by atoms with Crippen molar-refractivity contribution in [2.45, 2.75) is 25.0 Å². The molecule has 0 saturated heterocycles. The Morgan fingerprint density at radius 3 is 2.23 bits per heavy atom. The first kappa shape index (κ1) is 22.5. The summed E-state index contributed by atoms with van der Waals surface area (Å²) in [4.78, 5) is 12.3. The summed E-state index contributed by atoms with van der Waals surface area (Å²) in [5, 5.41) is 11.2. The van der Waals surface area contributed by atoms with E-state index in [4.69, 9.17) is 18.6 Å². The molecule has 8 nitrogen and oxygen atoms in total. The van der Waals surface area contributed by atoms with Gasteiger partial charge in [-0.25, -0.2) is 0 Å². The fourth-order valence-corrected chi connectivity index (χ4v) is 3.43. The van der Waals surface area contributed by atoms with Crippen molar-refractivity contribution in [2.24, 2.45) is 0 Å². The van der Waals surface area contributed by atoms with Gasteiger partial charge in [0.15, 0.2) is 11.5 Å². The molecule has 3 aromatic rings. The third-order valence-electron chi connectivity index (χ3n) is 4.51. The van der Waals surface area contributed by atoms with E-state index in [0.717, 1.165) is 17.4 Å². The largest absolute Gasteiger partial charge is 0.493 e. The van der Waals surface area contributed by atoms with Crippen molar-refractivity contribution in [3.05, 3.63) is 42.0 Å². The zero-order valence-corrected chi connectivity index (χ0v) is 18.9. The van der Waals surface area contributed by atoms with Crippen LogP contribution in [0.25, 0.3) is 11.5 Å². The lowest BCUT2D eigenvalue weighted by molar-refractivity contribution is -0.113. The first-order valence-electron chi connectivity index (χ1n) is 9.61. The Morgan fingerprint density at radius 1 is 1.03 bits per heavy atom. The maximum atomic E-state index is 12.3. The first-order chi connectivity index (χ1) is 14.9. The summed E-state index contributed by atoms with van der Waals surface area (Å²) in [6.45, 7) is 4.25. The molecule has 0 aliphatic carbocycles. The molecule has 31 heavy (non-hydrogen) atoms. The molecule has 1 heterocycles. The summed E-state index contributed by atoms with van der Waals surface area (Å²) in [5.74, 6) is 2.14. The lowest BCUT2D eigenvalue weighted by Crippen LogP contribution is -2.14.